The van der Waals surface area contributed by atoms with Gasteiger partial charge in [0.1, 0.15) is 12.1 Å². The van der Waals surface area contributed by atoms with Gasteiger partial charge in [-0.15, -0.1) is 22.7 Å². The van der Waals surface area contributed by atoms with Crippen molar-refractivity contribution in [1.82, 2.24) is 15.2 Å². The van der Waals surface area contributed by atoms with Gasteiger partial charge in [-0.25, -0.2) is 9.80 Å². The summed E-state index contributed by atoms with van der Waals surface area (Å²) in [5.74, 6) is -0.684. The molecule has 34 heavy (non-hydrogen) atoms. The topological polar surface area (TPSA) is 82.1 Å². The maximum Gasteiger partial charge on any atom is 0.325 e. The first-order chi connectivity index (χ1) is 16.5. The van der Waals surface area contributed by atoms with Crippen molar-refractivity contribution in [3.05, 3.63) is 80.2 Å². The highest BCUT2D eigenvalue weighted by atomic mass is 32.1. The van der Waals surface area contributed by atoms with E-state index in [1.165, 1.54) is 10.6 Å². The van der Waals surface area contributed by atoms with Gasteiger partial charge in [0.25, 0.3) is 11.8 Å². The second-order valence-corrected chi connectivity index (χ2v) is 10.8. The van der Waals surface area contributed by atoms with Gasteiger partial charge in [-0.05, 0) is 46.9 Å². The number of hydrazone groups is 1. The van der Waals surface area contributed by atoms with Gasteiger partial charge >= 0.3 is 6.03 Å². The van der Waals surface area contributed by atoms with Crippen LogP contribution in [0, 0.1) is 0 Å². The second kappa shape index (κ2) is 8.18. The molecule has 9 heteroatoms. The lowest BCUT2D eigenvalue weighted by atomic mass is 9.78. The Morgan fingerprint density at radius 1 is 1.06 bits per heavy atom. The number of hydrogen-bond donors (Lipinski definition) is 1. The minimum atomic E-state index is -0.977. The first-order valence-corrected chi connectivity index (χ1v) is 13.0. The van der Waals surface area contributed by atoms with E-state index < -0.39 is 11.6 Å². The van der Waals surface area contributed by atoms with E-state index in [1.807, 2.05) is 53.2 Å². The largest absolute Gasteiger partial charge is 0.325 e. The van der Waals surface area contributed by atoms with E-state index in [2.05, 4.69) is 16.5 Å². The van der Waals surface area contributed by atoms with Crippen LogP contribution in [-0.4, -0.2) is 45.5 Å². The summed E-state index contributed by atoms with van der Waals surface area (Å²) in [7, 11) is 0. The van der Waals surface area contributed by atoms with E-state index in [-0.39, 0.29) is 24.4 Å². The zero-order chi connectivity index (χ0) is 23.3. The molecule has 7 nitrogen and oxygen atoms in total. The lowest BCUT2D eigenvalue weighted by Gasteiger charge is -2.32. The molecule has 2 atom stereocenters. The Morgan fingerprint density at radius 3 is 2.62 bits per heavy atom. The number of amides is 4. The molecule has 2 unspecified atom stereocenters. The minimum absolute atomic E-state index is 0.235. The summed E-state index contributed by atoms with van der Waals surface area (Å²) >= 11 is 3.15. The fraction of sp³-hybridized carbons (Fsp3) is 0.280. The second-order valence-electron chi connectivity index (χ2n) is 8.85. The fourth-order valence-electron chi connectivity index (χ4n) is 5.09. The number of nitrogens with zero attached hydrogens (tertiary/aromatic N) is 3. The summed E-state index contributed by atoms with van der Waals surface area (Å²) in [6.07, 6.45) is 2.29. The molecule has 3 aromatic rings. The number of urea groups is 1. The molecule has 4 amide bonds. The Balaban J connectivity index is 1.24. The number of benzene rings is 1. The third-order valence-corrected chi connectivity index (χ3v) is 8.71. The zero-order valence-electron chi connectivity index (χ0n) is 18.3. The van der Waals surface area contributed by atoms with Gasteiger partial charge in [-0.3, -0.25) is 14.5 Å². The van der Waals surface area contributed by atoms with E-state index in [9.17, 15) is 14.4 Å². The van der Waals surface area contributed by atoms with Crippen molar-refractivity contribution >= 4 is 46.2 Å². The van der Waals surface area contributed by atoms with E-state index in [0.29, 0.717) is 25.7 Å². The van der Waals surface area contributed by atoms with E-state index >= 15 is 0 Å². The molecule has 1 spiro atoms. The number of hydrogen-bond acceptors (Lipinski definition) is 6. The van der Waals surface area contributed by atoms with Crippen molar-refractivity contribution in [3.8, 4) is 0 Å². The van der Waals surface area contributed by atoms with Crippen LogP contribution in [0.4, 0.5) is 4.79 Å². The molecule has 2 aromatic heterocycles. The monoisotopic (exact) mass is 490 g/mol. The third kappa shape index (κ3) is 3.47. The number of rotatable bonds is 4. The molecular formula is C25H22N4O3S2. The Morgan fingerprint density at radius 2 is 1.85 bits per heavy atom. The Hall–Kier alpha value is -3.30. The van der Waals surface area contributed by atoms with Crippen LogP contribution in [0.25, 0.3) is 0 Å². The van der Waals surface area contributed by atoms with Crippen LogP contribution in [-0.2, 0) is 22.4 Å². The average Bonchev–Trinajstić information content (AvgIpc) is 3.64. The molecule has 0 radical (unpaired) electrons. The number of carbonyl (C=O) groups excluding carboxylic acids is 3. The highest BCUT2D eigenvalue weighted by Gasteiger charge is 2.53. The van der Waals surface area contributed by atoms with Crippen molar-refractivity contribution in [2.45, 2.75) is 37.3 Å². The van der Waals surface area contributed by atoms with Gasteiger partial charge in [0.15, 0.2) is 0 Å². The van der Waals surface area contributed by atoms with Crippen LogP contribution in [0.2, 0.25) is 0 Å². The first kappa shape index (κ1) is 21.2. The lowest BCUT2D eigenvalue weighted by molar-refractivity contribution is -0.140. The van der Waals surface area contributed by atoms with Crippen molar-refractivity contribution in [3.63, 3.8) is 0 Å². The quantitative estimate of drug-likeness (QED) is 0.562. The standard InChI is InChI=1S/C25H22N4O3S2/c30-22(29-19(21-8-4-12-34-21)13-18(27-29)20-7-3-11-33-20)15-28-23(31)25(26-24(28)32)10-9-16-5-1-2-6-17(16)14-25/h1-8,11-12,19H,9-10,13-15H2,(H,26,32). The Labute approximate surface area is 204 Å². The SMILES string of the molecule is O=C1NC2(CCc3ccccc3C2)C(=O)N1CC(=O)N1N=C(c2cccs2)CC1c1cccs1. The van der Waals surface area contributed by atoms with Gasteiger partial charge in [0.05, 0.1) is 16.6 Å². The number of carbonyl (C=O) groups is 3. The van der Waals surface area contributed by atoms with Gasteiger partial charge in [0.2, 0.25) is 0 Å². The average molecular weight is 491 g/mol. The van der Waals surface area contributed by atoms with Crippen LogP contribution in [0.15, 0.2) is 64.4 Å². The van der Waals surface area contributed by atoms with Crippen molar-refractivity contribution < 1.29 is 14.4 Å². The molecule has 172 valence electrons. The van der Waals surface area contributed by atoms with Crippen molar-refractivity contribution in [1.29, 1.82) is 0 Å². The van der Waals surface area contributed by atoms with Crippen LogP contribution in [0.3, 0.4) is 0 Å². The number of thiophene rings is 2. The van der Waals surface area contributed by atoms with Crippen molar-refractivity contribution in [2.75, 3.05) is 6.54 Å². The lowest BCUT2D eigenvalue weighted by Crippen LogP contribution is -2.51. The molecule has 1 aliphatic carbocycles. The number of aryl methyl sites for hydroxylation is 1. The molecular weight excluding hydrogens is 468 g/mol. The van der Waals surface area contributed by atoms with Crippen LogP contribution >= 0.6 is 22.7 Å². The summed E-state index contributed by atoms with van der Waals surface area (Å²) in [5.41, 5.74) is 2.14. The summed E-state index contributed by atoms with van der Waals surface area (Å²) in [6, 6.07) is 15.1. The molecule has 0 saturated carbocycles. The summed E-state index contributed by atoms with van der Waals surface area (Å²) < 4.78 is 0. The Kier molecular flexibility index (Phi) is 5.11. The number of imide groups is 1. The summed E-state index contributed by atoms with van der Waals surface area (Å²) in [5, 5.41) is 13.0. The molecule has 2 aliphatic heterocycles. The predicted molar refractivity (Wildman–Crippen MR) is 131 cm³/mol. The zero-order valence-corrected chi connectivity index (χ0v) is 19.9. The normalized spacial score (nSPS) is 23.9. The van der Waals surface area contributed by atoms with Gasteiger partial charge in [-0.1, -0.05) is 36.4 Å². The molecule has 1 fully saturated rings. The highest BCUT2D eigenvalue weighted by molar-refractivity contribution is 7.12. The molecule has 6 rings (SSSR count). The van der Waals surface area contributed by atoms with Gasteiger partial charge < -0.3 is 5.32 Å². The minimum Gasteiger partial charge on any atom is -0.323 e. The van der Waals surface area contributed by atoms with E-state index in [0.717, 1.165) is 25.9 Å². The maximum absolute atomic E-state index is 13.5. The summed E-state index contributed by atoms with van der Waals surface area (Å²) in [6.45, 7) is -0.322. The molecule has 4 heterocycles. The van der Waals surface area contributed by atoms with Crippen LogP contribution < -0.4 is 5.32 Å². The highest BCUT2D eigenvalue weighted by Crippen LogP contribution is 2.37. The van der Waals surface area contributed by atoms with Crippen LogP contribution in [0.1, 0.15) is 39.8 Å². The Bertz CT molecular complexity index is 1300. The molecule has 1 N–H and O–H groups in total. The van der Waals surface area contributed by atoms with E-state index in [1.54, 1.807) is 22.7 Å². The first-order valence-electron chi connectivity index (χ1n) is 11.2. The van der Waals surface area contributed by atoms with Crippen molar-refractivity contribution in [2.24, 2.45) is 5.10 Å². The van der Waals surface area contributed by atoms with Gasteiger partial charge in [-0.2, -0.15) is 5.10 Å². The number of nitrogens with one attached hydrogen (secondary N) is 1. The molecule has 1 saturated heterocycles. The molecule has 3 aliphatic rings. The third-order valence-electron chi connectivity index (χ3n) is 6.81. The van der Waals surface area contributed by atoms with Gasteiger partial charge in [0, 0.05) is 17.7 Å². The number of fused-ring (bicyclic) bond motifs is 1. The molecule has 1 aromatic carbocycles. The van der Waals surface area contributed by atoms with Crippen LogP contribution in [0.5, 0.6) is 0 Å². The predicted octanol–water partition coefficient (Wildman–Crippen LogP) is 3.97. The summed E-state index contributed by atoms with van der Waals surface area (Å²) in [4.78, 5) is 42.9. The smallest absolute Gasteiger partial charge is 0.323 e. The fourth-order valence-corrected chi connectivity index (χ4v) is 6.62. The van der Waals surface area contributed by atoms with E-state index in [4.69, 9.17) is 0 Å². The maximum atomic E-state index is 13.5. The molecule has 0 bridgehead atoms.